The summed E-state index contributed by atoms with van der Waals surface area (Å²) < 4.78 is 5.04. The standard InChI is InChI=1S/C14H28N2O4/c1-11(2)15(8-6-7-13(17)18)14(19)16(12(3)4)9-10-20-5/h11-12H,6-10H2,1-5H3,(H,17,18). The number of hydrogen-bond donors (Lipinski definition) is 1. The molecule has 0 aromatic rings. The van der Waals surface area contributed by atoms with Gasteiger partial charge in [-0.15, -0.1) is 0 Å². The fourth-order valence-electron chi connectivity index (χ4n) is 1.90. The van der Waals surface area contributed by atoms with Crippen LogP contribution in [0, 0.1) is 0 Å². The summed E-state index contributed by atoms with van der Waals surface area (Å²) in [4.78, 5) is 26.6. The lowest BCUT2D eigenvalue weighted by molar-refractivity contribution is -0.137. The molecule has 6 heteroatoms. The Hall–Kier alpha value is -1.30. The minimum Gasteiger partial charge on any atom is -0.481 e. The smallest absolute Gasteiger partial charge is 0.320 e. The van der Waals surface area contributed by atoms with Crippen LogP contribution in [0.3, 0.4) is 0 Å². The third-order valence-electron chi connectivity index (χ3n) is 3.06. The molecule has 0 radical (unpaired) electrons. The molecule has 6 nitrogen and oxygen atoms in total. The fraction of sp³-hybridized carbons (Fsp3) is 0.857. The van der Waals surface area contributed by atoms with Crippen molar-refractivity contribution < 1.29 is 19.4 Å². The van der Waals surface area contributed by atoms with Crippen LogP contribution in [0.1, 0.15) is 40.5 Å². The highest BCUT2D eigenvalue weighted by atomic mass is 16.5. The van der Waals surface area contributed by atoms with Gasteiger partial charge in [0.25, 0.3) is 0 Å². The van der Waals surface area contributed by atoms with Crippen LogP contribution in [0.25, 0.3) is 0 Å². The number of methoxy groups -OCH3 is 1. The number of rotatable bonds is 9. The van der Waals surface area contributed by atoms with Gasteiger partial charge in [-0.25, -0.2) is 4.79 Å². The second kappa shape index (κ2) is 9.58. The maximum absolute atomic E-state index is 12.6. The molecular weight excluding hydrogens is 260 g/mol. The third kappa shape index (κ3) is 6.75. The van der Waals surface area contributed by atoms with Crippen molar-refractivity contribution in [2.75, 3.05) is 26.8 Å². The monoisotopic (exact) mass is 288 g/mol. The molecule has 0 spiro atoms. The zero-order valence-electron chi connectivity index (χ0n) is 13.3. The average Bonchev–Trinajstić information content (AvgIpc) is 2.33. The third-order valence-corrected chi connectivity index (χ3v) is 3.06. The minimum absolute atomic E-state index is 0.0417. The Morgan fingerprint density at radius 2 is 1.55 bits per heavy atom. The summed E-state index contributed by atoms with van der Waals surface area (Å²) in [6.07, 6.45) is 0.547. The zero-order chi connectivity index (χ0) is 15.7. The normalized spacial score (nSPS) is 10.9. The van der Waals surface area contributed by atoms with Gasteiger partial charge in [0.1, 0.15) is 0 Å². The summed E-state index contributed by atoms with van der Waals surface area (Å²) in [5, 5.41) is 8.69. The van der Waals surface area contributed by atoms with Crippen molar-refractivity contribution in [3.8, 4) is 0 Å². The van der Waals surface area contributed by atoms with Crippen LogP contribution in [0.2, 0.25) is 0 Å². The van der Waals surface area contributed by atoms with Gasteiger partial charge in [0.15, 0.2) is 0 Å². The Balaban J connectivity index is 4.68. The fourth-order valence-corrected chi connectivity index (χ4v) is 1.90. The number of aliphatic carboxylic acids is 1. The molecule has 2 amide bonds. The predicted molar refractivity (Wildman–Crippen MR) is 77.8 cm³/mol. The molecule has 0 atom stereocenters. The van der Waals surface area contributed by atoms with Crippen molar-refractivity contribution in [2.24, 2.45) is 0 Å². The molecule has 0 saturated heterocycles. The number of amides is 2. The molecule has 0 aromatic carbocycles. The van der Waals surface area contributed by atoms with Crippen LogP contribution < -0.4 is 0 Å². The number of ether oxygens (including phenoxy) is 1. The molecule has 0 fully saturated rings. The molecule has 0 aliphatic heterocycles. The van der Waals surface area contributed by atoms with Crippen LogP contribution in [-0.2, 0) is 9.53 Å². The van der Waals surface area contributed by atoms with E-state index < -0.39 is 5.97 Å². The average molecular weight is 288 g/mol. The molecule has 0 aliphatic carbocycles. The van der Waals surface area contributed by atoms with Crippen molar-refractivity contribution in [1.29, 1.82) is 0 Å². The quantitative estimate of drug-likeness (QED) is 0.705. The van der Waals surface area contributed by atoms with Crippen molar-refractivity contribution in [3.63, 3.8) is 0 Å². The van der Waals surface area contributed by atoms with Crippen LogP contribution >= 0.6 is 0 Å². The molecule has 0 rings (SSSR count). The van der Waals surface area contributed by atoms with Gasteiger partial charge >= 0.3 is 12.0 Å². The highest BCUT2D eigenvalue weighted by Gasteiger charge is 2.24. The van der Waals surface area contributed by atoms with E-state index in [0.717, 1.165) is 0 Å². The summed E-state index contributed by atoms with van der Waals surface area (Å²) in [6, 6.07) is 0.0657. The van der Waals surface area contributed by atoms with Crippen molar-refractivity contribution >= 4 is 12.0 Å². The number of carboxylic acid groups (broad SMARTS) is 1. The van der Waals surface area contributed by atoms with E-state index in [9.17, 15) is 9.59 Å². The van der Waals surface area contributed by atoms with E-state index in [1.807, 2.05) is 27.7 Å². The Morgan fingerprint density at radius 3 is 1.95 bits per heavy atom. The van der Waals surface area contributed by atoms with Gasteiger partial charge in [0.2, 0.25) is 0 Å². The van der Waals surface area contributed by atoms with Gasteiger partial charge < -0.3 is 19.6 Å². The molecule has 0 bridgehead atoms. The summed E-state index contributed by atoms with van der Waals surface area (Å²) in [5.74, 6) is -0.832. The van der Waals surface area contributed by atoms with Crippen molar-refractivity contribution in [2.45, 2.75) is 52.6 Å². The Morgan fingerprint density at radius 1 is 1.05 bits per heavy atom. The first kappa shape index (κ1) is 18.7. The molecule has 0 unspecified atom stereocenters. The summed E-state index contributed by atoms with van der Waals surface area (Å²) in [7, 11) is 1.61. The first-order valence-electron chi connectivity index (χ1n) is 7.09. The van der Waals surface area contributed by atoms with Crippen LogP contribution in [-0.4, -0.2) is 65.8 Å². The van der Waals surface area contributed by atoms with Gasteiger partial charge in [0, 0.05) is 38.7 Å². The zero-order valence-corrected chi connectivity index (χ0v) is 13.3. The Labute approximate surface area is 121 Å². The first-order chi connectivity index (χ1) is 9.31. The lowest BCUT2D eigenvalue weighted by Gasteiger charge is -2.35. The Bertz CT molecular complexity index is 306. The van der Waals surface area contributed by atoms with E-state index in [1.165, 1.54) is 0 Å². The van der Waals surface area contributed by atoms with Crippen LogP contribution in [0.4, 0.5) is 4.79 Å². The van der Waals surface area contributed by atoms with Crippen LogP contribution in [0.5, 0.6) is 0 Å². The summed E-state index contributed by atoms with van der Waals surface area (Å²) >= 11 is 0. The van der Waals surface area contributed by atoms with Gasteiger partial charge in [-0.2, -0.15) is 0 Å². The number of carbonyl (C=O) groups excluding carboxylic acids is 1. The highest BCUT2D eigenvalue weighted by molar-refractivity contribution is 5.75. The lowest BCUT2D eigenvalue weighted by Crippen LogP contribution is -2.50. The van der Waals surface area contributed by atoms with E-state index in [2.05, 4.69) is 0 Å². The maximum Gasteiger partial charge on any atom is 0.320 e. The maximum atomic E-state index is 12.6. The number of carbonyl (C=O) groups is 2. The van der Waals surface area contributed by atoms with E-state index in [0.29, 0.717) is 26.1 Å². The first-order valence-corrected chi connectivity index (χ1v) is 7.09. The number of nitrogens with zero attached hydrogens (tertiary/aromatic N) is 2. The molecule has 0 aliphatic rings. The molecule has 0 aromatic heterocycles. The van der Waals surface area contributed by atoms with E-state index >= 15 is 0 Å². The lowest BCUT2D eigenvalue weighted by atomic mass is 10.2. The number of hydrogen-bond acceptors (Lipinski definition) is 3. The van der Waals surface area contributed by atoms with Crippen molar-refractivity contribution in [3.05, 3.63) is 0 Å². The summed E-state index contributed by atoms with van der Waals surface area (Å²) in [5.41, 5.74) is 0. The van der Waals surface area contributed by atoms with Gasteiger partial charge in [0.05, 0.1) is 6.61 Å². The van der Waals surface area contributed by atoms with Crippen LogP contribution in [0.15, 0.2) is 0 Å². The van der Waals surface area contributed by atoms with Gasteiger partial charge in [-0.3, -0.25) is 4.79 Å². The predicted octanol–water partition coefficient (Wildman–Crippen LogP) is 2.04. The molecular formula is C14H28N2O4. The molecule has 20 heavy (non-hydrogen) atoms. The SMILES string of the molecule is COCCN(C(=O)N(CCCC(=O)O)C(C)C)C(C)C. The number of carboxylic acids is 1. The second-order valence-electron chi connectivity index (χ2n) is 5.35. The summed E-state index contributed by atoms with van der Waals surface area (Å²) in [6.45, 7) is 9.28. The van der Waals surface area contributed by atoms with E-state index in [-0.39, 0.29) is 24.5 Å². The van der Waals surface area contributed by atoms with E-state index in [1.54, 1.807) is 16.9 Å². The highest BCUT2D eigenvalue weighted by Crippen LogP contribution is 2.10. The minimum atomic E-state index is -0.832. The molecule has 0 saturated carbocycles. The number of urea groups is 1. The largest absolute Gasteiger partial charge is 0.481 e. The molecule has 118 valence electrons. The second-order valence-corrected chi connectivity index (χ2v) is 5.35. The van der Waals surface area contributed by atoms with Gasteiger partial charge in [-0.05, 0) is 34.1 Å². The Kier molecular flexibility index (Phi) is 8.96. The van der Waals surface area contributed by atoms with E-state index in [4.69, 9.17) is 9.84 Å². The van der Waals surface area contributed by atoms with Gasteiger partial charge in [-0.1, -0.05) is 0 Å². The van der Waals surface area contributed by atoms with Crippen molar-refractivity contribution in [1.82, 2.24) is 9.80 Å². The molecule has 1 N–H and O–H groups in total. The topological polar surface area (TPSA) is 70.1 Å². The molecule has 0 heterocycles.